The quantitative estimate of drug-likeness (QED) is 0.648. The molecule has 1 aliphatic rings. The Balaban J connectivity index is 1.66. The van der Waals surface area contributed by atoms with Gasteiger partial charge in [-0.3, -0.25) is 0 Å². The van der Waals surface area contributed by atoms with Crippen LogP contribution >= 0.6 is 0 Å². The summed E-state index contributed by atoms with van der Waals surface area (Å²) in [5, 5.41) is 3.49. The highest BCUT2D eigenvalue weighted by atomic mass is 16.5. The molecule has 1 N–H and O–H groups in total. The monoisotopic (exact) mass is 239 g/mol. The van der Waals surface area contributed by atoms with E-state index >= 15 is 0 Å². The first-order valence-electron chi connectivity index (χ1n) is 6.19. The topological polar surface area (TPSA) is 48.3 Å². The summed E-state index contributed by atoms with van der Waals surface area (Å²) in [7, 11) is 1.68. The van der Waals surface area contributed by atoms with Crippen LogP contribution < -0.4 is 5.32 Å². The minimum Gasteiger partial charge on any atom is -0.382 e. The molecule has 0 aromatic carbocycles. The van der Waals surface area contributed by atoms with Gasteiger partial charge in [0.05, 0.1) is 31.8 Å². The van der Waals surface area contributed by atoms with Crippen LogP contribution in [0.2, 0.25) is 0 Å². The average molecular weight is 239 g/mol. The molecular weight excluding hydrogens is 218 g/mol. The van der Waals surface area contributed by atoms with Crippen LogP contribution in [0.25, 0.3) is 0 Å². The molecule has 2 rings (SSSR count). The maximum absolute atomic E-state index is 5.45. The van der Waals surface area contributed by atoms with Crippen LogP contribution in [0.4, 0.5) is 0 Å². The first-order valence-corrected chi connectivity index (χ1v) is 6.19. The highest BCUT2D eigenvalue weighted by molar-refractivity contribution is 4.99. The lowest BCUT2D eigenvalue weighted by Gasteiger charge is -2.09. The Kier molecular flexibility index (Phi) is 4.97. The predicted octanol–water partition coefficient (Wildman–Crippen LogP) is 0.798. The van der Waals surface area contributed by atoms with Gasteiger partial charge in [0.1, 0.15) is 0 Å². The summed E-state index contributed by atoms with van der Waals surface area (Å²) in [6.07, 6.45) is 6.41. The first-order chi connectivity index (χ1) is 8.40. The van der Waals surface area contributed by atoms with Crippen LogP contribution in [0.15, 0.2) is 12.5 Å². The lowest BCUT2D eigenvalue weighted by molar-refractivity contribution is 0.0663. The van der Waals surface area contributed by atoms with Crippen molar-refractivity contribution < 1.29 is 9.47 Å². The van der Waals surface area contributed by atoms with Gasteiger partial charge in [-0.05, 0) is 12.8 Å². The van der Waals surface area contributed by atoms with E-state index in [2.05, 4.69) is 14.9 Å². The zero-order valence-electron chi connectivity index (χ0n) is 10.4. The van der Waals surface area contributed by atoms with Crippen molar-refractivity contribution in [3.8, 4) is 0 Å². The van der Waals surface area contributed by atoms with Gasteiger partial charge in [-0.1, -0.05) is 0 Å². The molecule has 1 fully saturated rings. The van der Waals surface area contributed by atoms with Gasteiger partial charge in [0.15, 0.2) is 0 Å². The molecule has 0 saturated heterocycles. The molecule has 0 unspecified atom stereocenters. The van der Waals surface area contributed by atoms with Crippen molar-refractivity contribution in [1.29, 1.82) is 0 Å². The van der Waals surface area contributed by atoms with Crippen molar-refractivity contribution >= 4 is 0 Å². The average Bonchev–Trinajstić information content (AvgIpc) is 3.06. The lowest BCUT2D eigenvalue weighted by Crippen LogP contribution is -2.19. The van der Waals surface area contributed by atoms with Gasteiger partial charge in [0.25, 0.3) is 0 Å². The minimum atomic E-state index is 0.653. The normalized spacial score (nSPS) is 15.4. The molecule has 0 amide bonds. The number of hydrogen-bond donors (Lipinski definition) is 1. The SMILES string of the molecule is COCCOCCn1cncc1CNC1CC1. The Bertz CT molecular complexity index is 323. The van der Waals surface area contributed by atoms with Gasteiger partial charge in [-0.15, -0.1) is 0 Å². The Morgan fingerprint density at radius 2 is 2.29 bits per heavy atom. The van der Waals surface area contributed by atoms with Gasteiger partial charge >= 0.3 is 0 Å². The Morgan fingerprint density at radius 3 is 3.06 bits per heavy atom. The molecule has 1 aromatic rings. The van der Waals surface area contributed by atoms with E-state index in [9.17, 15) is 0 Å². The van der Waals surface area contributed by atoms with Crippen LogP contribution in [-0.2, 0) is 22.6 Å². The van der Waals surface area contributed by atoms with Gasteiger partial charge in [0, 0.05) is 32.4 Å². The van der Waals surface area contributed by atoms with Crippen molar-refractivity contribution in [2.75, 3.05) is 26.9 Å². The molecule has 1 aromatic heterocycles. The van der Waals surface area contributed by atoms with Gasteiger partial charge < -0.3 is 19.4 Å². The van der Waals surface area contributed by atoms with E-state index in [1.165, 1.54) is 18.5 Å². The van der Waals surface area contributed by atoms with E-state index < -0.39 is 0 Å². The molecule has 0 atom stereocenters. The van der Waals surface area contributed by atoms with Crippen molar-refractivity contribution in [2.45, 2.75) is 32.0 Å². The molecule has 0 bridgehead atoms. The molecular formula is C12H21N3O2. The predicted molar refractivity (Wildman–Crippen MR) is 64.8 cm³/mol. The fourth-order valence-electron chi connectivity index (χ4n) is 1.64. The molecule has 5 nitrogen and oxygen atoms in total. The largest absolute Gasteiger partial charge is 0.382 e. The van der Waals surface area contributed by atoms with Crippen molar-refractivity contribution in [1.82, 2.24) is 14.9 Å². The van der Waals surface area contributed by atoms with E-state index in [0.717, 1.165) is 19.1 Å². The number of imidazole rings is 1. The number of rotatable bonds is 9. The summed E-state index contributed by atoms with van der Waals surface area (Å²) in [6, 6.07) is 0.733. The third kappa shape index (κ3) is 4.46. The van der Waals surface area contributed by atoms with Crippen LogP contribution in [0, 0.1) is 0 Å². The van der Waals surface area contributed by atoms with E-state index in [1.54, 1.807) is 7.11 Å². The zero-order chi connectivity index (χ0) is 11.9. The smallest absolute Gasteiger partial charge is 0.0949 e. The summed E-state index contributed by atoms with van der Waals surface area (Å²) >= 11 is 0. The molecule has 0 spiro atoms. The molecule has 96 valence electrons. The maximum atomic E-state index is 5.45. The van der Waals surface area contributed by atoms with Crippen molar-refractivity contribution in [2.24, 2.45) is 0 Å². The summed E-state index contributed by atoms with van der Waals surface area (Å²) < 4.78 is 12.5. The Morgan fingerprint density at radius 1 is 1.41 bits per heavy atom. The number of nitrogens with zero attached hydrogens (tertiary/aromatic N) is 2. The van der Waals surface area contributed by atoms with Crippen molar-refractivity contribution in [3.05, 3.63) is 18.2 Å². The number of nitrogens with one attached hydrogen (secondary N) is 1. The van der Waals surface area contributed by atoms with E-state index in [4.69, 9.17) is 9.47 Å². The van der Waals surface area contributed by atoms with E-state index in [0.29, 0.717) is 19.8 Å². The molecule has 17 heavy (non-hydrogen) atoms. The van der Waals surface area contributed by atoms with Crippen LogP contribution in [0.5, 0.6) is 0 Å². The number of ether oxygens (including phenoxy) is 2. The molecule has 1 saturated carbocycles. The van der Waals surface area contributed by atoms with Gasteiger partial charge in [-0.2, -0.15) is 0 Å². The lowest BCUT2D eigenvalue weighted by atomic mass is 10.4. The molecule has 5 heteroatoms. The first kappa shape index (κ1) is 12.5. The molecule has 1 aliphatic carbocycles. The number of methoxy groups -OCH3 is 1. The van der Waals surface area contributed by atoms with E-state index in [-0.39, 0.29) is 0 Å². The molecule has 0 radical (unpaired) electrons. The minimum absolute atomic E-state index is 0.653. The van der Waals surface area contributed by atoms with Crippen LogP contribution in [-0.4, -0.2) is 42.5 Å². The zero-order valence-corrected chi connectivity index (χ0v) is 10.4. The maximum Gasteiger partial charge on any atom is 0.0949 e. The van der Waals surface area contributed by atoms with Gasteiger partial charge in [0.2, 0.25) is 0 Å². The fraction of sp³-hybridized carbons (Fsp3) is 0.750. The highest BCUT2D eigenvalue weighted by Gasteiger charge is 2.20. The summed E-state index contributed by atoms with van der Waals surface area (Å²) in [6.45, 7) is 3.77. The number of aromatic nitrogens is 2. The number of hydrogen-bond acceptors (Lipinski definition) is 4. The fourth-order valence-corrected chi connectivity index (χ4v) is 1.64. The van der Waals surface area contributed by atoms with Crippen molar-refractivity contribution in [3.63, 3.8) is 0 Å². The molecule has 1 heterocycles. The molecule has 0 aliphatic heterocycles. The van der Waals surface area contributed by atoms with Crippen LogP contribution in [0.1, 0.15) is 18.5 Å². The second-order valence-electron chi connectivity index (χ2n) is 4.34. The van der Waals surface area contributed by atoms with Crippen LogP contribution in [0.3, 0.4) is 0 Å². The standard InChI is InChI=1S/C12H21N3O2/c1-16-6-7-17-5-4-15-10-13-8-12(15)9-14-11-2-3-11/h8,10-11,14H,2-7,9H2,1H3. The summed E-state index contributed by atoms with van der Waals surface area (Å²) in [5.41, 5.74) is 1.23. The third-order valence-corrected chi connectivity index (χ3v) is 2.86. The Labute approximate surface area is 102 Å². The highest BCUT2D eigenvalue weighted by Crippen LogP contribution is 2.19. The van der Waals surface area contributed by atoms with E-state index in [1.807, 2.05) is 12.5 Å². The second-order valence-corrected chi connectivity index (χ2v) is 4.34. The summed E-state index contributed by atoms with van der Waals surface area (Å²) in [5.74, 6) is 0. The Hall–Kier alpha value is -0.910. The van der Waals surface area contributed by atoms with Gasteiger partial charge in [-0.25, -0.2) is 4.98 Å². The third-order valence-electron chi connectivity index (χ3n) is 2.86. The second kappa shape index (κ2) is 6.74. The summed E-state index contributed by atoms with van der Waals surface area (Å²) in [4.78, 5) is 4.18.